The van der Waals surface area contributed by atoms with Gasteiger partial charge < -0.3 is 4.74 Å². The molecule has 0 unspecified atom stereocenters. The second-order valence-electron chi connectivity index (χ2n) is 18.4. The van der Waals surface area contributed by atoms with Gasteiger partial charge in [0.05, 0.1) is 33.4 Å². The van der Waals surface area contributed by atoms with Crippen LogP contribution >= 0.6 is 0 Å². The molecule has 0 amide bonds. The maximum absolute atomic E-state index is 6.86. The molecule has 0 fully saturated rings. The zero-order valence-electron chi connectivity index (χ0n) is 38.5. The third kappa shape index (κ3) is 7.84. The Morgan fingerprint density at radius 1 is 0.493 bits per heavy atom. The molecule has 0 bridgehead atoms. The summed E-state index contributed by atoms with van der Waals surface area (Å²) in [5, 5.41) is 2.29. The van der Waals surface area contributed by atoms with E-state index in [1.54, 1.807) is 0 Å². The number of para-hydroxylation sites is 3. The van der Waals surface area contributed by atoms with Crippen LogP contribution in [0.5, 0.6) is 11.5 Å². The monoisotopic (exact) mass is 888 g/mol. The summed E-state index contributed by atoms with van der Waals surface area (Å²) in [5.41, 5.74) is 15.5. The van der Waals surface area contributed by atoms with Gasteiger partial charge in [0, 0.05) is 23.0 Å². The van der Waals surface area contributed by atoms with E-state index in [2.05, 4.69) is 264 Å². The number of rotatable bonds is 11. The van der Waals surface area contributed by atoms with Crippen molar-refractivity contribution in [2.45, 2.75) is 25.7 Å². The van der Waals surface area contributed by atoms with Crippen LogP contribution in [0.1, 0.15) is 25.0 Å². The van der Waals surface area contributed by atoms with Crippen molar-refractivity contribution in [2.24, 2.45) is 0 Å². The molecule has 9 aromatic carbocycles. The third-order valence-electron chi connectivity index (χ3n) is 13.4. The van der Waals surface area contributed by atoms with E-state index in [4.69, 9.17) is 9.72 Å². The van der Waals surface area contributed by atoms with Crippen LogP contribution in [0.2, 0.25) is 0 Å². The molecule has 330 valence electrons. The average molecular weight is 889 g/mol. The number of aromatic nitrogens is 4. The van der Waals surface area contributed by atoms with Gasteiger partial charge >= 0.3 is 0 Å². The molecule has 0 saturated heterocycles. The molecule has 0 N–H and O–H groups in total. The second kappa shape index (κ2) is 17.4. The molecule has 3 aromatic heterocycles. The zero-order valence-corrected chi connectivity index (χ0v) is 38.5. The lowest BCUT2D eigenvalue weighted by atomic mass is 9.79. The van der Waals surface area contributed by atoms with Crippen molar-refractivity contribution in [2.75, 3.05) is 0 Å². The molecule has 3 heterocycles. The molecule has 69 heavy (non-hydrogen) atoms. The van der Waals surface area contributed by atoms with Crippen LogP contribution in [0, 0.1) is 6.33 Å². The third-order valence-corrected chi connectivity index (χ3v) is 13.4. The molecular weight excluding hydrogens is 841 g/mol. The highest BCUT2D eigenvalue weighted by molar-refractivity contribution is 6.10. The molecular formula is C64H48N4O. The Labute approximate surface area is 402 Å². The Balaban J connectivity index is 0.954. The van der Waals surface area contributed by atoms with Crippen molar-refractivity contribution < 1.29 is 9.30 Å². The summed E-state index contributed by atoms with van der Waals surface area (Å²) in [6, 6.07) is 83.5. The highest BCUT2D eigenvalue weighted by Crippen LogP contribution is 2.39. The van der Waals surface area contributed by atoms with E-state index in [0.29, 0.717) is 0 Å². The Morgan fingerprint density at radius 3 is 1.86 bits per heavy atom. The lowest BCUT2D eigenvalue weighted by molar-refractivity contribution is -0.571. The fraction of sp³-hybridized carbons (Fsp3) is 0.0625. The van der Waals surface area contributed by atoms with Gasteiger partial charge in [-0.05, 0) is 111 Å². The van der Waals surface area contributed by atoms with E-state index in [1.807, 2.05) is 12.3 Å². The van der Waals surface area contributed by atoms with Gasteiger partial charge in [0.1, 0.15) is 17.3 Å². The van der Waals surface area contributed by atoms with Crippen molar-refractivity contribution in [3.8, 4) is 62.1 Å². The zero-order chi connectivity index (χ0) is 46.3. The number of nitrogens with zero attached hydrogens (tertiary/aromatic N) is 4. The van der Waals surface area contributed by atoms with Gasteiger partial charge in [0.2, 0.25) is 0 Å². The molecule has 0 aliphatic carbocycles. The summed E-state index contributed by atoms with van der Waals surface area (Å²) in [7, 11) is 0. The van der Waals surface area contributed by atoms with Gasteiger partial charge in [0.15, 0.2) is 0 Å². The highest BCUT2D eigenvalue weighted by atomic mass is 16.5. The van der Waals surface area contributed by atoms with E-state index in [9.17, 15) is 0 Å². The summed E-state index contributed by atoms with van der Waals surface area (Å²) in [6.45, 7) is 4.63. The molecule has 0 radical (unpaired) electrons. The molecule has 5 nitrogen and oxygen atoms in total. The molecule has 0 aliphatic rings. The van der Waals surface area contributed by atoms with Crippen LogP contribution in [-0.2, 0) is 11.8 Å². The molecule has 0 saturated carbocycles. The maximum Gasteiger partial charge on any atom is 0.269 e. The summed E-state index contributed by atoms with van der Waals surface area (Å²) in [4.78, 5) is 5.03. The van der Waals surface area contributed by atoms with E-state index in [-0.39, 0.29) is 5.41 Å². The van der Waals surface area contributed by atoms with Gasteiger partial charge in [-0.3, -0.25) is 13.7 Å². The van der Waals surface area contributed by atoms with Gasteiger partial charge in [-0.2, -0.15) is 0 Å². The Hall–Kier alpha value is -8.80. The van der Waals surface area contributed by atoms with Crippen LogP contribution in [0.15, 0.2) is 243 Å². The predicted octanol–water partition coefficient (Wildman–Crippen LogP) is 15.5. The highest BCUT2D eigenvalue weighted by Gasteiger charge is 2.23. The van der Waals surface area contributed by atoms with Crippen LogP contribution in [0.4, 0.5) is 0 Å². The Bertz CT molecular complexity index is 3740. The molecule has 5 heteroatoms. The number of ether oxygens (including phenoxy) is 1. The normalized spacial score (nSPS) is 11.7. The first-order valence-corrected chi connectivity index (χ1v) is 23.6. The first-order valence-electron chi connectivity index (χ1n) is 23.6. The number of imidazole rings is 1. The van der Waals surface area contributed by atoms with Gasteiger partial charge in [-0.1, -0.05) is 190 Å². The van der Waals surface area contributed by atoms with Gasteiger partial charge in [-0.15, -0.1) is 0 Å². The number of hydrogen-bond acceptors (Lipinski definition) is 2. The van der Waals surface area contributed by atoms with Crippen molar-refractivity contribution in [3.05, 3.63) is 260 Å². The maximum atomic E-state index is 6.86. The average Bonchev–Trinajstić information content (AvgIpc) is 3.95. The first kappa shape index (κ1) is 41.6. The predicted molar refractivity (Wildman–Crippen MR) is 282 cm³/mol. The number of hydrogen-bond donors (Lipinski definition) is 0. The minimum absolute atomic E-state index is 0.0659. The van der Waals surface area contributed by atoms with Crippen LogP contribution in [-0.4, -0.2) is 14.1 Å². The SMILES string of the molecule is CC(C)(Cc1ccnc(-n2c3ccc(-c4ccccc4)cc3c3ccc(Oc4cccc(-n5[c-][n+](-c6c(-c7ccccc7)cccc6-c6ccccc6)c6ccccc65)c4)cc32)c1)c1ccccc1. The molecule has 12 rings (SSSR count). The van der Waals surface area contributed by atoms with Crippen molar-refractivity contribution in [1.82, 2.24) is 14.1 Å². The lowest BCUT2D eigenvalue weighted by Gasteiger charge is -2.25. The number of pyridine rings is 1. The van der Waals surface area contributed by atoms with E-state index in [0.717, 1.165) is 90.2 Å². The Kier molecular flexibility index (Phi) is 10.5. The quantitative estimate of drug-likeness (QED) is 0.0958. The lowest BCUT2D eigenvalue weighted by Crippen LogP contribution is -2.31. The van der Waals surface area contributed by atoms with Gasteiger partial charge in [0.25, 0.3) is 6.33 Å². The fourth-order valence-electron chi connectivity index (χ4n) is 10.0. The van der Waals surface area contributed by atoms with E-state index >= 15 is 0 Å². The van der Waals surface area contributed by atoms with Crippen LogP contribution in [0.25, 0.3) is 83.4 Å². The van der Waals surface area contributed by atoms with E-state index in [1.165, 1.54) is 22.3 Å². The standard InChI is InChI=1S/C64H48N4O/c1-64(2,50-25-13-6-14-26-50)43-45-37-38-65-62(39-45)68-58-36-33-49(46-19-7-3-8-20-46)40-57(58)56-35-34-53(42-61(56)68)69-52-28-17-27-51(41-52)66-44-67(60-32-16-15-31-59(60)66)63-54(47-21-9-4-10-22-47)29-18-30-55(63)48-23-11-5-12-24-48/h3-42H,43H2,1-2H3. The molecule has 12 aromatic rings. The largest absolute Gasteiger partial charge is 0.458 e. The van der Waals surface area contributed by atoms with Crippen LogP contribution < -0.4 is 9.30 Å². The second-order valence-corrected chi connectivity index (χ2v) is 18.4. The van der Waals surface area contributed by atoms with Crippen molar-refractivity contribution in [1.29, 1.82) is 0 Å². The number of benzene rings is 9. The van der Waals surface area contributed by atoms with Crippen LogP contribution in [0.3, 0.4) is 0 Å². The summed E-state index contributed by atoms with van der Waals surface area (Å²) >= 11 is 0. The smallest absolute Gasteiger partial charge is 0.269 e. The molecule has 0 atom stereocenters. The topological polar surface area (TPSA) is 35.9 Å². The minimum atomic E-state index is -0.0659. The number of fused-ring (bicyclic) bond motifs is 4. The van der Waals surface area contributed by atoms with Crippen molar-refractivity contribution >= 4 is 32.8 Å². The summed E-state index contributed by atoms with van der Waals surface area (Å²) < 4.78 is 13.5. The first-order chi connectivity index (χ1) is 33.9. The fourth-order valence-corrected chi connectivity index (χ4v) is 10.0. The Morgan fingerprint density at radius 2 is 1.13 bits per heavy atom. The molecule has 0 aliphatic heterocycles. The summed E-state index contributed by atoms with van der Waals surface area (Å²) in [6.07, 6.45) is 6.63. The van der Waals surface area contributed by atoms with Crippen molar-refractivity contribution in [3.63, 3.8) is 0 Å². The van der Waals surface area contributed by atoms with Gasteiger partial charge in [-0.25, -0.2) is 4.98 Å². The van der Waals surface area contributed by atoms with E-state index < -0.39 is 0 Å². The minimum Gasteiger partial charge on any atom is -0.458 e. The molecule has 0 spiro atoms. The summed E-state index contributed by atoms with van der Waals surface area (Å²) in [5.74, 6) is 2.32.